The molecule has 0 radical (unpaired) electrons. The van der Waals surface area contributed by atoms with Gasteiger partial charge in [0, 0.05) is 17.5 Å². The topological polar surface area (TPSA) is 86.6 Å². The monoisotopic (exact) mass is 627 g/mol. The average Bonchev–Trinajstić information content (AvgIpc) is 2.67. The summed E-state index contributed by atoms with van der Waals surface area (Å²) in [4.78, 5) is 25.4. The van der Waals surface area contributed by atoms with Gasteiger partial charge in [0.05, 0.1) is 31.2 Å². The van der Waals surface area contributed by atoms with E-state index < -0.39 is 85.2 Å². The van der Waals surface area contributed by atoms with Crippen molar-refractivity contribution in [2.24, 2.45) is 16.7 Å². The van der Waals surface area contributed by atoms with Gasteiger partial charge in [-0.2, -0.15) is 13.2 Å². The number of halogens is 8. The predicted molar refractivity (Wildman–Crippen MR) is 118 cm³/mol. The standard InChI is InChI=1S/C20H21Br2ClF5NO4/c1-7(2)19(17(32)33)13(11-9(25)5-4-8(23)12(11)20(26,27)28)18(3,16(30)31)10(6-24)29-14(19)15(21)22/h4-5,7,10,13-15,29H,6H2,1-3H3,(H,30,31)(H,32,33). The molecule has 0 aliphatic carbocycles. The van der Waals surface area contributed by atoms with Crippen molar-refractivity contribution in [2.75, 3.05) is 6.67 Å². The lowest BCUT2D eigenvalue weighted by Gasteiger charge is -2.59. The molecule has 1 aromatic carbocycles. The molecule has 2 rings (SSSR count). The van der Waals surface area contributed by atoms with Crippen LogP contribution >= 0.6 is 43.5 Å². The van der Waals surface area contributed by atoms with E-state index in [0.717, 1.165) is 6.92 Å². The Bertz CT molecular complexity index is 948. The SMILES string of the molecule is CC(C)C1(C(=O)O)C(C(Br)Br)NC(CF)C(C)(C(=O)O)C1c1c(F)ccc(Cl)c1C(F)(F)F. The van der Waals surface area contributed by atoms with Crippen LogP contribution in [0, 0.1) is 22.6 Å². The van der Waals surface area contributed by atoms with Gasteiger partial charge in [-0.1, -0.05) is 57.3 Å². The first-order valence-electron chi connectivity index (χ1n) is 9.62. The number of carboxylic acid groups (broad SMARTS) is 2. The second-order valence-electron chi connectivity index (χ2n) is 8.42. The van der Waals surface area contributed by atoms with E-state index in [1.807, 2.05) is 0 Å². The molecule has 1 aliphatic rings. The van der Waals surface area contributed by atoms with Crippen LogP contribution in [0.3, 0.4) is 0 Å². The van der Waals surface area contributed by atoms with Crippen molar-refractivity contribution in [2.45, 2.75) is 48.7 Å². The van der Waals surface area contributed by atoms with Gasteiger partial charge in [0.1, 0.15) is 12.5 Å². The number of hydrogen-bond acceptors (Lipinski definition) is 3. The quantitative estimate of drug-likeness (QED) is 0.273. The lowest BCUT2D eigenvalue weighted by molar-refractivity contribution is -0.178. The molecule has 5 atom stereocenters. The van der Waals surface area contributed by atoms with Crippen molar-refractivity contribution in [3.63, 3.8) is 0 Å². The fourth-order valence-corrected chi connectivity index (χ4v) is 6.49. The van der Waals surface area contributed by atoms with Crippen LogP contribution in [-0.2, 0) is 15.8 Å². The highest BCUT2D eigenvalue weighted by molar-refractivity contribution is 9.24. The smallest absolute Gasteiger partial charge is 0.418 e. The maximum Gasteiger partial charge on any atom is 0.418 e. The number of benzene rings is 1. The highest BCUT2D eigenvalue weighted by Crippen LogP contribution is 2.62. The summed E-state index contributed by atoms with van der Waals surface area (Å²) >= 11 is 12.1. The Labute approximate surface area is 208 Å². The van der Waals surface area contributed by atoms with Gasteiger partial charge in [-0.3, -0.25) is 9.59 Å². The third-order valence-corrected chi connectivity index (χ3v) is 7.98. The maximum absolute atomic E-state index is 15.3. The molecule has 0 bridgehead atoms. The number of alkyl halides is 6. The van der Waals surface area contributed by atoms with E-state index in [1.54, 1.807) is 0 Å². The number of carbonyl (C=O) groups is 2. The van der Waals surface area contributed by atoms with Crippen LogP contribution in [0.25, 0.3) is 0 Å². The largest absolute Gasteiger partial charge is 0.481 e. The Balaban J connectivity index is 3.23. The summed E-state index contributed by atoms with van der Waals surface area (Å²) in [5, 5.41) is 22.3. The molecule has 1 heterocycles. The molecule has 33 heavy (non-hydrogen) atoms. The van der Waals surface area contributed by atoms with E-state index in [9.17, 15) is 37.4 Å². The van der Waals surface area contributed by atoms with Crippen molar-refractivity contribution in [1.29, 1.82) is 0 Å². The van der Waals surface area contributed by atoms with E-state index in [4.69, 9.17) is 11.6 Å². The second-order valence-corrected chi connectivity index (χ2v) is 12.0. The first kappa shape index (κ1) is 28.3. The Morgan fingerprint density at radius 1 is 1.21 bits per heavy atom. The van der Waals surface area contributed by atoms with Gasteiger partial charge in [0.2, 0.25) is 0 Å². The van der Waals surface area contributed by atoms with Crippen molar-refractivity contribution in [3.05, 3.63) is 34.1 Å². The third kappa shape index (κ3) is 4.29. The van der Waals surface area contributed by atoms with Crippen LogP contribution in [0.15, 0.2) is 12.1 Å². The summed E-state index contributed by atoms with van der Waals surface area (Å²) in [5.74, 6) is -8.19. The number of carboxylic acids is 2. The van der Waals surface area contributed by atoms with E-state index in [2.05, 4.69) is 37.2 Å². The molecule has 0 aromatic heterocycles. The first-order chi connectivity index (χ1) is 15.0. The molecule has 186 valence electrons. The number of hydrogen-bond donors (Lipinski definition) is 3. The minimum Gasteiger partial charge on any atom is -0.481 e. The first-order valence-corrected chi connectivity index (χ1v) is 11.8. The maximum atomic E-state index is 15.3. The minimum absolute atomic E-state index is 0.614. The highest BCUT2D eigenvalue weighted by atomic mass is 79.9. The number of nitrogens with one attached hydrogen (secondary N) is 1. The van der Waals surface area contributed by atoms with Gasteiger partial charge >= 0.3 is 18.1 Å². The molecule has 5 unspecified atom stereocenters. The fourth-order valence-electron chi connectivity index (χ4n) is 5.04. The molecular formula is C20H21Br2ClF5NO4. The van der Waals surface area contributed by atoms with Gasteiger partial charge in [-0.05, 0) is 25.0 Å². The zero-order chi connectivity index (χ0) is 25.7. The van der Waals surface area contributed by atoms with Gasteiger partial charge in [0.15, 0.2) is 0 Å². The number of piperidine rings is 1. The summed E-state index contributed by atoms with van der Waals surface area (Å²) < 4.78 is 70.9. The average molecular weight is 630 g/mol. The Kier molecular flexibility index (Phi) is 8.20. The van der Waals surface area contributed by atoms with Crippen molar-refractivity contribution in [1.82, 2.24) is 5.32 Å². The zero-order valence-electron chi connectivity index (χ0n) is 17.5. The molecule has 1 saturated heterocycles. The molecule has 0 spiro atoms. The molecular weight excluding hydrogens is 608 g/mol. The Morgan fingerprint density at radius 2 is 1.76 bits per heavy atom. The molecule has 0 amide bonds. The van der Waals surface area contributed by atoms with Crippen LogP contribution in [-0.4, -0.2) is 44.6 Å². The molecule has 0 saturated carbocycles. The Hall–Kier alpha value is -0.980. The van der Waals surface area contributed by atoms with Gasteiger partial charge in [-0.25, -0.2) is 8.78 Å². The van der Waals surface area contributed by atoms with Gasteiger partial charge in [0.25, 0.3) is 0 Å². The summed E-state index contributed by atoms with van der Waals surface area (Å²) in [5.41, 5.74) is -7.79. The van der Waals surface area contributed by atoms with Crippen molar-refractivity contribution in [3.8, 4) is 0 Å². The summed E-state index contributed by atoms with van der Waals surface area (Å²) in [6.07, 6.45) is -5.26. The van der Waals surface area contributed by atoms with E-state index in [1.165, 1.54) is 13.8 Å². The van der Waals surface area contributed by atoms with Crippen molar-refractivity contribution < 1.29 is 41.8 Å². The van der Waals surface area contributed by atoms with Gasteiger partial charge in [-0.15, -0.1) is 0 Å². The van der Waals surface area contributed by atoms with Crippen LogP contribution in [0.4, 0.5) is 22.0 Å². The van der Waals surface area contributed by atoms with Crippen LogP contribution in [0.5, 0.6) is 0 Å². The molecule has 1 fully saturated rings. The van der Waals surface area contributed by atoms with E-state index in [0.29, 0.717) is 12.1 Å². The molecule has 1 aliphatic heterocycles. The highest BCUT2D eigenvalue weighted by Gasteiger charge is 2.70. The number of aliphatic carboxylic acids is 2. The normalized spacial score (nSPS) is 30.6. The van der Waals surface area contributed by atoms with E-state index >= 15 is 4.39 Å². The Morgan fingerprint density at radius 3 is 2.12 bits per heavy atom. The van der Waals surface area contributed by atoms with Crippen LogP contribution < -0.4 is 5.32 Å². The fraction of sp³-hybridized carbons (Fsp3) is 0.600. The van der Waals surface area contributed by atoms with Crippen LogP contribution in [0.2, 0.25) is 5.02 Å². The second kappa shape index (κ2) is 9.58. The summed E-state index contributed by atoms with van der Waals surface area (Å²) in [6, 6.07) is -1.74. The lowest BCUT2D eigenvalue weighted by atomic mass is 9.48. The van der Waals surface area contributed by atoms with Crippen LogP contribution in [0.1, 0.15) is 37.8 Å². The van der Waals surface area contributed by atoms with Crippen molar-refractivity contribution >= 4 is 55.4 Å². The molecule has 5 nitrogen and oxygen atoms in total. The summed E-state index contributed by atoms with van der Waals surface area (Å²) in [6.45, 7) is 2.28. The minimum atomic E-state index is -5.26. The number of rotatable bonds is 6. The predicted octanol–water partition coefficient (Wildman–Crippen LogP) is 5.83. The summed E-state index contributed by atoms with van der Waals surface area (Å²) in [7, 11) is 0. The molecule has 1 aromatic rings. The molecule has 3 N–H and O–H groups in total. The molecule has 13 heteroatoms. The zero-order valence-corrected chi connectivity index (χ0v) is 21.4. The third-order valence-electron chi connectivity index (χ3n) is 6.60. The van der Waals surface area contributed by atoms with E-state index in [-0.39, 0.29) is 0 Å². The van der Waals surface area contributed by atoms with Gasteiger partial charge < -0.3 is 15.5 Å². The lowest BCUT2D eigenvalue weighted by Crippen LogP contribution is -2.73.